The van der Waals surface area contributed by atoms with Gasteiger partial charge in [-0.05, 0) is 59.5 Å². The second-order valence-corrected chi connectivity index (χ2v) is 7.10. The molecule has 5 nitrogen and oxygen atoms in total. The lowest BCUT2D eigenvalue weighted by atomic mass is 9.88. The molecular weight excluding hydrogens is 383 g/mol. The molecule has 0 unspecified atom stereocenters. The Labute approximate surface area is 175 Å². The number of halogens is 1. The summed E-state index contributed by atoms with van der Waals surface area (Å²) in [5.41, 5.74) is 3.66. The van der Waals surface area contributed by atoms with Crippen LogP contribution in [0.4, 0.5) is 14.9 Å². The van der Waals surface area contributed by atoms with E-state index in [0.717, 1.165) is 16.7 Å². The number of methoxy groups -OCH3 is 2. The van der Waals surface area contributed by atoms with E-state index in [4.69, 9.17) is 9.47 Å². The Bertz CT molecular complexity index is 1040. The summed E-state index contributed by atoms with van der Waals surface area (Å²) in [5.74, 6) is 0.952. The van der Waals surface area contributed by atoms with Crippen molar-refractivity contribution in [1.82, 2.24) is 4.90 Å². The molecule has 2 amide bonds. The Kier molecular flexibility index (Phi) is 5.57. The number of ether oxygens (including phenoxy) is 2. The SMILES string of the molecule is COc1cc2c(cc1OC)[C@H](c1ccccc1)N(C(=O)Nc1ccc(F)cc1)CC2. The minimum Gasteiger partial charge on any atom is -0.493 e. The summed E-state index contributed by atoms with van der Waals surface area (Å²) in [6.07, 6.45) is 0.690. The molecule has 0 saturated heterocycles. The third-order valence-electron chi connectivity index (χ3n) is 5.35. The van der Waals surface area contributed by atoms with E-state index in [1.165, 1.54) is 12.1 Å². The van der Waals surface area contributed by atoms with Gasteiger partial charge in [-0.15, -0.1) is 0 Å². The van der Waals surface area contributed by atoms with Gasteiger partial charge in [-0.1, -0.05) is 30.3 Å². The number of urea groups is 1. The van der Waals surface area contributed by atoms with E-state index in [9.17, 15) is 9.18 Å². The Morgan fingerprint density at radius 1 is 1.00 bits per heavy atom. The lowest BCUT2D eigenvalue weighted by Gasteiger charge is -2.38. The van der Waals surface area contributed by atoms with Crippen LogP contribution in [0.1, 0.15) is 22.7 Å². The monoisotopic (exact) mass is 406 g/mol. The van der Waals surface area contributed by atoms with Crippen LogP contribution in [0.2, 0.25) is 0 Å². The molecule has 0 spiro atoms. The first-order valence-corrected chi connectivity index (χ1v) is 9.73. The van der Waals surface area contributed by atoms with Crippen LogP contribution < -0.4 is 14.8 Å². The summed E-state index contributed by atoms with van der Waals surface area (Å²) < 4.78 is 24.2. The third kappa shape index (κ3) is 3.81. The first kappa shape index (κ1) is 19.8. The number of carbonyl (C=O) groups is 1. The number of rotatable bonds is 4. The van der Waals surface area contributed by atoms with Gasteiger partial charge in [0.2, 0.25) is 0 Å². The number of nitrogens with zero attached hydrogens (tertiary/aromatic N) is 1. The predicted octanol–water partition coefficient (Wildman–Crippen LogP) is 5.02. The van der Waals surface area contributed by atoms with Crippen LogP contribution in [0.5, 0.6) is 11.5 Å². The van der Waals surface area contributed by atoms with Gasteiger partial charge in [-0.3, -0.25) is 0 Å². The number of hydrogen-bond acceptors (Lipinski definition) is 3. The zero-order chi connectivity index (χ0) is 21.1. The second kappa shape index (κ2) is 8.45. The van der Waals surface area contributed by atoms with Gasteiger partial charge in [0.05, 0.1) is 20.3 Å². The van der Waals surface area contributed by atoms with E-state index in [1.54, 1.807) is 31.3 Å². The van der Waals surface area contributed by atoms with E-state index < -0.39 is 0 Å². The summed E-state index contributed by atoms with van der Waals surface area (Å²) in [6, 6.07) is 19.1. The molecule has 1 N–H and O–H groups in total. The van der Waals surface area contributed by atoms with Crippen LogP contribution in [-0.4, -0.2) is 31.7 Å². The van der Waals surface area contributed by atoms with Crippen molar-refractivity contribution in [3.05, 3.63) is 89.2 Å². The number of hydrogen-bond donors (Lipinski definition) is 1. The molecule has 0 saturated carbocycles. The molecular formula is C24H23FN2O3. The molecule has 3 aromatic carbocycles. The first-order chi connectivity index (χ1) is 14.6. The minimum atomic E-state index is -0.344. The lowest BCUT2D eigenvalue weighted by Crippen LogP contribution is -2.43. The van der Waals surface area contributed by atoms with Gasteiger partial charge in [0.15, 0.2) is 11.5 Å². The summed E-state index contributed by atoms with van der Waals surface area (Å²) in [5, 5.41) is 2.88. The van der Waals surface area contributed by atoms with Crippen LogP contribution >= 0.6 is 0 Å². The van der Waals surface area contributed by atoms with Crippen molar-refractivity contribution in [3.63, 3.8) is 0 Å². The van der Waals surface area contributed by atoms with Gasteiger partial charge in [0, 0.05) is 12.2 Å². The maximum absolute atomic E-state index is 13.2. The topological polar surface area (TPSA) is 50.8 Å². The van der Waals surface area contributed by atoms with E-state index in [2.05, 4.69) is 5.32 Å². The van der Waals surface area contributed by atoms with Gasteiger partial charge < -0.3 is 19.7 Å². The third-order valence-corrected chi connectivity index (χ3v) is 5.35. The highest BCUT2D eigenvalue weighted by Gasteiger charge is 2.33. The summed E-state index contributed by atoms with van der Waals surface area (Å²) in [6.45, 7) is 0.537. The molecule has 0 aliphatic carbocycles. The van der Waals surface area contributed by atoms with Crippen molar-refractivity contribution >= 4 is 11.7 Å². The van der Waals surface area contributed by atoms with Gasteiger partial charge in [0.25, 0.3) is 0 Å². The van der Waals surface area contributed by atoms with Crippen molar-refractivity contribution in [3.8, 4) is 11.5 Å². The molecule has 0 radical (unpaired) electrons. The molecule has 1 atom stereocenters. The quantitative estimate of drug-likeness (QED) is 0.662. The first-order valence-electron chi connectivity index (χ1n) is 9.73. The predicted molar refractivity (Wildman–Crippen MR) is 114 cm³/mol. The Morgan fingerprint density at radius 3 is 2.33 bits per heavy atom. The zero-order valence-electron chi connectivity index (χ0n) is 16.9. The Morgan fingerprint density at radius 2 is 1.67 bits per heavy atom. The highest BCUT2D eigenvalue weighted by molar-refractivity contribution is 5.90. The van der Waals surface area contributed by atoms with E-state index in [-0.39, 0.29) is 17.9 Å². The fraction of sp³-hybridized carbons (Fsp3) is 0.208. The number of fused-ring (bicyclic) bond motifs is 1. The van der Waals surface area contributed by atoms with E-state index in [1.807, 2.05) is 42.5 Å². The summed E-state index contributed by atoms with van der Waals surface area (Å²) in [4.78, 5) is 15.0. The smallest absolute Gasteiger partial charge is 0.322 e. The summed E-state index contributed by atoms with van der Waals surface area (Å²) in [7, 11) is 3.22. The average Bonchev–Trinajstić information content (AvgIpc) is 2.79. The average molecular weight is 406 g/mol. The molecule has 154 valence electrons. The van der Waals surface area contributed by atoms with Crippen molar-refractivity contribution < 1.29 is 18.7 Å². The number of carbonyl (C=O) groups excluding carboxylic acids is 1. The van der Waals surface area contributed by atoms with Gasteiger partial charge in [0.1, 0.15) is 5.82 Å². The Balaban J connectivity index is 1.74. The largest absolute Gasteiger partial charge is 0.493 e. The van der Waals surface area contributed by atoms with Crippen LogP contribution in [0.15, 0.2) is 66.7 Å². The number of anilines is 1. The van der Waals surface area contributed by atoms with Crippen LogP contribution in [0.3, 0.4) is 0 Å². The molecule has 30 heavy (non-hydrogen) atoms. The van der Waals surface area contributed by atoms with E-state index in [0.29, 0.717) is 30.2 Å². The van der Waals surface area contributed by atoms with Crippen molar-refractivity contribution in [2.75, 3.05) is 26.1 Å². The summed E-state index contributed by atoms with van der Waals surface area (Å²) >= 11 is 0. The highest BCUT2D eigenvalue weighted by atomic mass is 19.1. The van der Waals surface area contributed by atoms with Crippen LogP contribution in [0, 0.1) is 5.82 Å². The van der Waals surface area contributed by atoms with Crippen molar-refractivity contribution in [2.45, 2.75) is 12.5 Å². The van der Waals surface area contributed by atoms with Crippen molar-refractivity contribution in [1.29, 1.82) is 0 Å². The molecule has 1 aliphatic heterocycles. The molecule has 6 heteroatoms. The molecule has 4 rings (SSSR count). The molecule has 1 heterocycles. The molecule has 3 aromatic rings. The maximum Gasteiger partial charge on any atom is 0.322 e. The van der Waals surface area contributed by atoms with Crippen LogP contribution in [0.25, 0.3) is 0 Å². The van der Waals surface area contributed by atoms with E-state index >= 15 is 0 Å². The fourth-order valence-electron chi connectivity index (χ4n) is 3.89. The van der Waals surface area contributed by atoms with Gasteiger partial charge in [-0.2, -0.15) is 0 Å². The number of benzene rings is 3. The van der Waals surface area contributed by atoms with Gasteiger partial charge >= 0.3 is 6.03 Å². The second-order valence-electron chi connectivity index (χ2n) is 7.10. The van der Waals surface area contributed by atoms with Crippen LogP contribution in [-0.2, 0) is 6.42 Å². The molecule has 0 bridgehead atoms. The fourth-order valence-corrected chi connectivity index (χ4v) is 3.89. The highest BCUT2D eigenvalue weighted by Crippen LogP contribution is 2.41. The maximum atomic E-state index is 13.2. The van der Waals surface area contributed by atoms with Gasteiger partial charge in [-0.25, -0.2) is 9.18 Å². The molecule has 0 aromatic heterocycles. The number of amides is 2. The Hall–Kier alpha value is -3.54. The molecule has 1 aliphatic rings. The lowest BCUT2D eigenvalue weighted by molar-refractivity contribution is 0.193. The standard InChI is InChI=1S/C24H23FN2O3/c1-29-21-14-17-12-13-27(24(28)26-19-10-8-18(25)9-11-19)23(16-6-4-3-5-7-16)20(17)15-22(21)30-2/h3-11,14-15,23H,12-13H2,1-2H3,(H,26,28)/t23-/m0/s1. The number of nitrogens with one attached hydrogen (secondary N) is 1. The normalized spacial score (nSPS) is 15.3. The van der Waals surface area contributed by atoms with Crippen molar-refractivity contribution in [2.24, 2.45) is 0 Å². The zero-order valence-corrected chi connectivity index (χ0v) is 16.9. The minimum absolute atomic E-state index is 0.240. The molecule has 0 fully saturated rings.